The lowest BCUT2D eigenvalue weighted by Gasteiger charge is -2.35. The second-order valence-electron chi connectivity index (χ2n) is 5.78. The summed E-state index contributed by atoms with van der Waals surface area (Å²) in [6.45, 7) is 6.59. The molecule has 0 saturated carbocycles. The van der Waals surface area contributed by atoms with Gasteiger partial charge in [-0.05, 0) is 44.7 Å². The van der Waals surface area contributed by atoms with Crippen molar-refractivity contribution in [3.8, 4) is 0 Å². The molecule has 0 amide bonds. The van der Waals surface area contributed by atoms with Crippen LogP contribution in [0.1, 0.15) is 38.7 Å². The monoisotopic (exact) mass is 294 g/mol. The van der Waals surface area contributed by atoms with Crippen molar-refractivity contribution in [1.82, 2.24) is 0 Å². The Hall–Kier alpha value is -1.13. The predicted molar refractivity (Wildman–Crippen MR) is 85.2 cm³/mol. The molecule has 0 aliphatic carbocycles. The van der Waals surface area contributed by atoms with E-state index in [2.05, 4.69) is 4.90 Å². The zero-order valence-electron chi connectivity index (χ0n) is 13.1. The van der Waals surface area contributed by atoms with Crippen molar-refractivity contribution in [2.45, 2.75) is 51.7 Å². The molecule has 21 heavy (non-hydrogen) atoms. The zero-order chi connectivity index (χ0) is 15.2. The molecule has 4 heteroatoms. The summed E-state index contributed by atoms with van der Waals surface area (Å²) in [5.41, 5.74) is 7.78. The van der Waals surface area contributed by atoms with E-state index in [1.165, 1.54) is 6.07 Å². The summed E-state index contributed by atoms with van der Waals surface area (Å²) >= 11 is 0. The lowest BCUT2D eigenvalue weighted by Crippen LogP contribution is -2.40. The van der Waals surface area contributed by atoms with Crippen molar-refractivity contribution in [2.75, 3.05) is 24.6 Å². The van der Waals surface area contributed by atoms with Gasteiger partial charge in [0, 0.05) is 37.0 Å². The van der Waals surface area contributed by atoms with Crippen LogP contribution in [0.25, 0.3) is 0 Å². The van der Waals surface area contributed by atoms with E-state index in [0.717, 1.165) is 50.2 Å². The standard InChI is InChI=1S/C17H27FN2O/c1-3-13(19)11-15-16(18)8-5-9-17(15)20-10-6-7-14(12-20)21-4-2/h5,8-9,13-14H,3-4,6-7,10-12,19H2,1-2H3. The van der Waals surface area contributed by atoms with Gasteiger partial charge in [-0.15, -0.1) is 0 Å². The molecule has 1 aromatic rings. The first-order valence-corrected chi connectivity index (χ1v) is 8.05. The van der Waals surface area contributed by atoms with Gasteiger partial charge in [0.05, 0.1) is 6.10 Å². The molecule has 1 aromatic carbocycles. The van der Waals surface area contributed by atoms with Gasteiger partial charge in [-0.1, -0.05) is 13.0 Å². The van der Waals surface area contributed by atoms with Crippen molar-refractivity contribution in [2.24, 2.45) is 5.73 Å². The quantitative estimate of drug-likeness (QED) is 0.876. The number of halogens is 1. The highest BCUT2D eigenvalue weighted by Gasteiger charge is 2.23. The lowest BCUT2D eigenvalue weighted by atomic mass is 9.99. The molecule has 2 rings (SSSR count). The van der Waals surface area contributed by atoms with Crippen LogP contribution >= 0.6 is 0 Å². The van der Waals surface area contributed by atoms with Crippen molar-refractivity contribution in [3.63, 3.8) is 0 Å². The van der Waals surface area contributed by atoms with Crippen LogP contribution in [0.5, 0.6) is 0 Å². The number of nitrogens with two attached hydrogens (primary N) is 1. The third kappa shape index (κ3) is 4.17. The maximum absolute atomic E-state index is 14.2. The minimum absolute atomic E-state index is 0.00753. The molecule has 0 radical (unpaired) electrons. The van der Waals surface area contributed by atoms with Gasteiger partial charge in [0.15, 0.2) is 0 Å². The average Bonchev–Trinajstić information content (AvgIpc) is 2.49. The summed E-state index contributed by atoms with van der Waals surface area (Å²) in [5, 5.41) is 0. The number of nitrogens with zero attached hydrogens (tertiary/aromatic N) is 1. The number of hydrogen-bond donors (Lipinski definition) is 1. The Labute approximate surface area is 127 Å². The summed E-state index contributed by atoms with van der Waals surface area (Å²) in [5.74, 6) is -0.144. The zero-order valence-corrected chi connectivity index (χ0v) is 13.1. The SMILES string of the molecule is CCOC1CCCN(c2cccc(F)c2CC(N)CC)C1. The Balaban J connectivity index is 2.19. The summed E-state index contributed by atoms with van der Waals surface area (Å²) in [4.78, 5) is 2.25. The van der Waals surface area contributed by atoms with E-state index in [0.29, 0.717) is 6.42 Å². The molecule has 1 fully saturated rings. The molecule has 1 heterocycles. The Morgan fingerprint density at radius 1 is 1.43 bits per heavy atom. The van der Waals surface area contributed by atoms with E-state index in [4.69, 9.17) is 10.5 Å². The Morgan fingerprint density at radius 3 is 2.95 bits per heavy atom. The third-order valence-corrected chi connectivity index (χ3v) is 4.21. The fourth-order valence-electron chi connectivity index (χ4n) is 2.98. The first-order chi connectivity index (χ1) is 10.2. The molecule has 0 aromatic heterocycles. The molecule has 0 spiro atoms. The molecule has 2 N–H and O–H groups in total. The minimum Gasteiger partial charge on any atom is -0.377 e. The molecular formula is C17H27FN2O. The van der Waals surface area contributed by atoms with Crippen molar-refractivity contribution >= 4 is 5.69 Å². The second-order valence-corrected chi connectivity index (χ2v) is 5.78. The van der Waals surface area contributed by atoms with Crippen LogP contribution in [0, 0.1) is 5.82 Å². The van der Waals surface area contributed by atoms with E-state index in [9.17, 15) is 4.39 Å². The van der Waals surface area contributed by atoms with Crippen LogP contribution in [-0.2, 0) is 11.2 Å². The fourth-order valence-corrected chi connectivity index (χ4v) is 2.98. The number of ether oxygens (including phenoxy) is 1. The highest BCUT2D eigenvalue weighted by atomic mass is 19.1. The van der Waals surface area contributed by atoms with Crippen molar-refractivity contribution in [1.29, 1.82) is 0 Å². The fraction of sp³-hybridized carbons (Fsp3) is 0.647. The molecule has 118 valence electrons. The van der Waals surface area contributed by atoms with Crippen LogP contribution < -0.4 is 10.6 Å². The maximum Gasteiger partial charge on any atom is 0.128 e. The number of piperidine rings is 1. The highest BCUT2D eigenvalue weighted by molar-refractivity contribution is 5.55. The molecule has 1 saturated heterocycles. The van der Waals surface area contributed by atoms with E-state index < -0.39 is 0 Å². The number of benzene rings is 1. The average molecular weight is 294 g/mol. The summed E-state index contributed by atoms with van der Waals surface area (Å²) in [6.07, 6.45) is 3.87. The predicted octanol–water partition coefficient (Wildman–Crippen LogP) is 3.11. The first-order valence-electron chi connectivity index (χ1n) is 8.05. The first kappa shape index (κ1) is 16.2. The largest absolute Gasteiger partial charge is 0.377 e. The van der Waals surface area contributed by atoms with Gasteiger partial charge in [0.25, 0.3) is 0 Å². The van der Waals surface area contributed by atoms with Crippen LogP contribution in [0.3, 0.4) is 0 Å². The smallest absolute Gasteiger partial charge is 0.128 e. The topological polar surface area (TPSA) is 38.5 Å². The van der Waals surface area contributed by atoms with Gasteiger partial charge >= 0.3 is 0 Å². The Kier molecular flexibility index (Phi) is 6.00. The van der Waals surface area contributed by atoms with E-state index in [1.807, 2.05) is 19.9 Å². The van der Waals surface area contributed by atoms with Gasteiger partial charge in [0.1, 0.15) is 5.82 Å². The lowest BCUT2D eigenvalue weighted by molar-refractivity contribution is 0.0526. The number of anilines is 1. The van der Waals surface area contributed by atoms with Crippen LogP contribution in [0.2, 0.25) is 0 Å². The molecule has 3 nitrogen and oxygen atoms in total. The van der Waals surface area contributed by atoms with E-state index in [-0.39, 0.29) is 18.0 Å². The van der Waals surface area contributed by atoms with Crippen molar-refractivity contribution < 1.29 is 9.13 Å². The van der Waals surface area contributed by atoms with Gasteiger partial charge in [-0.25, -0.2) is 4.39 Å². The van der Waals surface area contributed by atoms with Crippen LogP contribution in [-0.4, -0.2) is 31.8 Å². The second kappa shape index (κ2) is 7.76. The minimum atomic E-state index is -0.144. The molecular weight excluding hydrogens is 267 g/mol. The summed E-state index contributed by atoms with van der Waals surface area (Å²) in [6, 6.07) is 5.34. The number of rotatable bonds is 6. The molecule has 0 bridgehead atoms. The normalized spacial score (nSPS) is 20.6. The van der Waals surface area contributed by atoms with E-state index in [1.54, 1.807) is 6.07 Å². The molecule has 2 unspecified atom stereocenters. The Morgan fingerprint density at radius 2 is 2.24 bits per heavy atom. The Bertz CT molecular complexity index is 450. The van der Waals surface area contributed by atoms with Crippen LogP contribution in [0.4, 0.5) is 10.1 Å². The molecule has 2 atom stereocenters. The van der Waals surface area contributed by atoms with Gasteiger partial charge < -0.3 is 15.4 Å². The summed E-state index contributed by atoms with van der Waals surface area (Å²) < 4.78 is 20.0. The number of hydrogen-bond acceptors (Lipinski definition) is 3. The van der Waals surface area contributed by atoms with Gasteiger partial charge in [-0.2, -0.15) is 0 Å². The molecule has 1 aliphatic rings. The highest BCUT2D eigenvalue weighted by Crippen LogP contribution is 2.28. The van der Waals surface area contributed by atoms with E-state index >= 15 is 0 Å². The third-order valence-electron chi connectivity index (χ3n) is 4.21. The van der Waals surface area contributed by atoms with Gasteiger partial charge in [0.2, 0.25) is 0 Å². The maximum atomic E-state index is 14.2. The summed E-state index contributed by atoms with van der Waals surface area (Å²) in [7, 11) is 0. The van der Waals surface area contributed by atoms with Gasteiger partial charge in [-0.3, -0.25) is 0 Å². The molecule has 1 aliphatic heterocycles. The van der Waals surface area contributed by atoms with Crippen molar-refractivity contribution in [3.05, 3.63) is 29.6 Å². The van der Waals surface area contributed by atoms with Crippen LogP contribution in [0.15, 0.2) is 18.2 Å².